The topological polar surface area (TPSA) is 30.0 Å². The van der Waals surface area contributed by atoms with E-state index in [1.54, 1.807) is 6.20 Å². The predicted octanol–water partition coefficient (Wildman–Crippen LogP) is 3.05. The summed E-state index contributed by atoms with van der Waals surface area (Å²) in [5.74, 6) is 0.300. The number of aromatic nitrogens is 1. The van der Waals surface area contributed by atoms with Crippen LogP contribution in [-0.2, 0) is 0 Å². The molecule has 0 aliphatic carbocycles. The van der Waals surface area contributed by atoms with Crippen LogP contribution in [-0.4, -0.2) is 11.3 Å². The second kappa shape index (κ2) is 4.71. The van der Waals surface area contributed by atoms with Crippen LogP contribution in [0.2, 0.25) is 0 Å². The first-order valence-electron chi connectivity index (χ1n) is 5.26. The Kier molecular flexibility index (Phi) is 3.10. The number of pyridine rings is 1. The maximum absolute atomic E-state index is 10.5. The van der Waals surface area contributed by atoms with Gasteiger partial charge in [-0.15, -0.1) is 0 Å². The summed E-state index contributed by atoms with van der Waals surface area (Å²) >= 11 is 0. The Morgan fingerprint density at radius 3 is 2.44 bits per heavy atom. The van der Waals surface area contributed by atoms with E-state index in [-0.39, 0.29) is 0 Å². The van der Waals surface area contributed by atoms with Crippen LogP contribution in [0.1, 0.15) is 34.3 Å². The molecule has 0 radical (unpaired) electrons. The third-order valence-corrected chi connectivity index (χ3v) is 2.76. The van der Waals surface area contributed by atoms with Crippen molar-refractivity contribution in [2.75, 3.05) is 0 Å². The molecule has 0 aliphatic heterocycles. The Morgan fingerprint density at radius 2 is 1.88 bits per heavy atom. The maximum Gasteiger partial charge on any atom is 0.150 e. The van der Waals surface area contributed by atoms with Crippen molar-refractivity contribution in [3.63, 3.8) is 0 Å². The van der Waals surface area contributed by atoms with Crippen molar-refractivity contribution in [2.45, 2.75) is 12.8 Å². The average molecular weight is 211 g/mol. The molecule has 2 aromatic rings. The van der Waals surface area contributed by atoms with E-state index >= 15 is 0 Å². The smallest absolute Gasteiger partial charge is 0.150 e. The lowest BCUT2D eigenvalue weighted by Gasteiger charge is -2.11. The molecule has 80 valence electrons. The first kappa shape index (κ1) is 10.6. The van der Waals surface area contributed by atoms with Crippen LogP contribution < -0.4 is 0 Å². The monoisotopic (exact) mass is 211 g/mol. The normalized spacial score (nSPS) is 12.1. The maximum atomic E-state index is 10.5. The van der Waals surface area contributed by atoms with Crippen LogP contribution >= 0.6 is 0 Å². The van der Waals surface area contributed by atoms with E-state index in [0.717, 1.165) is 6.29 Å². The molecule has 0 spiro atoms. The molecule has 2 heteroatoms. The molecule has 0 saturated heterocycles. The van der Waals surface area contributed by atoms with Gasteiger partial charge >= 0.3 is 0 Å². The first-order valence-corrected chi connectivity index (χ1v) is 5.26. The first-order chi connectivity index (χ1) is 7.81. The molecule has 16 heavy (non-hydrogen) atoms. The Morgan fingerprint density at radius 1 is 1.12 bits per heavy atom. The molecule has 1 heterocycles. The lowest BCUT2D eigenvalue weighted by Crippen LogP contribution is -1.96. The van der Waals surface area contributed by atoms with Crippen molar-refractivity contribution in [3.05, 3.63) is 65.5 Å². The lowest BCUT2D eigenvalue weighted by molar-refractivity contribution is 0.112. The highest BCUT2D eigenvalue weighted by Crippen LogP contribution is 2.23. The van der Waals surface area contributed by atoms with Crippen LogP contribution in [0.3, 0.4) is 0 Å². The Hall–Kier alpha value is -1.96. The van der Waals surface area contributed by atoms with E-state index in [1.165, 1.54) is 11.1 Å². The van der Waals surface area contributed by atoms with Crippen molar-refractivity contribution in [2.24, 2.45) is 0 Å². The van der Waals surface area contributed by atoms with Gasteiger partial charge in [0.25, 0.3) is 0 Å². The number of rotatable bonds is 3. The van der Waals surface area contributed by atoms with E-state index in [0.29, 0.717) is 11.5 Å². The zero-order valence-corrected chi connectivity index (χ0v) is 9.13. The Balaban J connectivity index is 2.27. The molecular formula is C14H13NO. The summed E-state index contributed by atoms with van der Waals surface area (Å²) in [5, 5.41) is 0. The Labute approximate surface area is 95.0 Å². The average Bonchev–Trinajstić information content (AvgIpc) is 2.39. The SMILES string of the molecule is C[C@@H](c1ccc(C=O)cc1)c1cccnc1. The molecule has 1 aromatic heterocycles. The summed E-state index contributed by atoms with van der Waals surface area (Å²) in [6.07, 6.45) is 4.50. The molecular weight excluding hydrogens is 198 g/mol. The van der Waals surface area contributed by atoms with Crippen LogP contribution in [0.4, 0.5) is 0 Å². The summed E-state index contributed by atoms with van der Waals surface area (Å²) in [6, 6.07) is 11.7. The molecule has 0 bridgehead atoms. The van der Waals surface area contributed by atoms with Crippen molar-refractivity contribution in [1.82, 2.24) is 4.98 Å². The summed E-state index contributed by atoms with van der Waals surface area (Å²) in [5.41, 5.74) is 3.09. The van der Waals surface area contributed by atoms with E-state index in [9.17, 15) is 4.79 Å². The zero-order chi connectivity index (χ0) is 11.4. The van der Waals surface area contributed by atoms with Crippen molar-refractivity contribution in [3.8, 4) is 0 Å². The van der Waals surface area contributed by atoms with Crippen LogP contribution in [0.5, 0.6) is 0 Å². The summed E-state index contributed by atoms with van der Waals surface area (Å²) in [4.78, 5) is 14.7. The number of hydrogen-bond acceptors (Lipinski definition) is 2. The number of carbonyl (C=O) groups is 1. The largest absolute Gasteiger partial charge is 0.298 e. The molecule has 2 rings (SSSR count). The molecule has 0 fully saturated rings. The fourth-order valence-corrected chi connectivity index (χ4v) is 1.69. The van der Waals surface area contributed by atoms with Gasteiger partial charge in [-0.05, 0) is 17.2 Å². The van der Waals surface area contributed by atoms with Crippen LogP contribution in [0, 0.1) is 0 Å². The minimum absolute atomic E-state index is 0.300. The minimum atomic E-state index is 0.300. The fraction of sp³-hybridized carbons (Fsp3) is 0.143. The second-order valence-electron chi connectivity index (χ2n) is 3.79. The van der Waals surface area contributed by atoms with Gasteiger partial charge in [-0.1, -0.05) is 37.3 Å². The third kappa shape index (κ3) is 2.16. The van der Waals surface area contributed by atoms with Gasteiger partial charge in [0.05, 0.1) is 0 Å². The number of aldehydes is 1. The lowest BCUT2D eigenvalue weighted by atomic mass is 9.94. The van der Waals surface area contributed by atoms with Gasteiger partial charge in [0, 0.05) is 23.9 Å². The number of hydrogen-bond donors (Lipinski definition) is 0. The Bertz CT molecular complexity index is 462. The third-order valence-electron chi connectivity index (χ3n) is 2.76. The van der Waals surface area contributed by atoms with Gasteiger partial charge in [0.1, 0.15) is 6.29 Å². The van der Waals surface area contributed by atoms with Crippen molar-refractivity contribution >= 4 is 6.29 Å². The van der Waals surface area contributed by atoms with Gasteiger partial charge in [0.2, 0.25) is 0 Å². The van der Waals surface area contributed by atoms with E-state index in [4.69, 9.17) is 0 Å². The van der Waals surface area contributed by atoms with Crippen LogP contribution in [0.25, 0.3) is 0 Å². The molecule has 0 saturated carbocycles. The molecule has 0 N–H and O–H groups in total. The molecule has 2 nitrogen and oxygen atoms in total. The molecule has 1 aromatic carbocycles. The van der Waals surface area contributed by atoms with Crippen molar-refractivity contribution in [1.29, 1.82) is 0 Å². The standard InChI is InChI=1S/C14H13NO/c1-11(14-3-2-8-15-9-14)13-6-4-12(10-16)5-7-13/h2-11H,1H3/t11-/m0/s1. The number of carbonyl (C=O) groups excluding carboxylic acids is 1. The number of benzene rings is 1. The van der Waals surface area contributed by atoms with E-state index in [1.807, 2.05) is 36.5 Å². The summed E-state index contributed by atoms with van der Waals surface area (Å²) < 4.78 is 0. The van der Waals surface area contributed by atoms with E-state index < -0.39 is 0 Å². The van der Waals surface area contributed by atoms with E-state index in [2.05, 4.69) is 18.0 Å². The summed E-state index contributed by atoms with van der Waals surface area (Å²) in [7, 11) is 0. The number of nitrogens with zero attached hydrogens (tertiary/aromatic N) is 1. The highest BCUT2D eigenvalue weighted by atomic mass is 16.1. The molecule has 0 unspecified atom stereocenters. The van der Waals surface area contributed by atoms with Gasteiger partial charge in [-0.3, -0.25) is 9.78 Å². The summed E-state index contributed by atoms with van der Waals surface area (Å²) in [6.45, 7) is 2.13. The van der Waals surface area contributed by atoms with Gasteiger partial charge in [-0.2, -0.15) is 0 Å². The second-order valence-corrected chi connectivity index (χ2v) is 3.79. The quantitative estimate of drug-likeness (QED) is 0.730. The minimum Gasteiger partial charge on any atom is -0.298 e. The van der Waals surface area contributed by atoms with Crippen LogP contribution in [0.15, 0.2) is 48.8 Å². The molecule has 0 amide bonds. The van der Waals surface area contributed by atoms with Gasteiger partial charge in [-0.25, -0.2) is 0 Å². The fourth-order valence-electron chi connectivity index (χ4n) is 1.69. The predicted molar refractivity (Wildman–Crippen MR) is 63.6 cm³/mol. The van der Waals surface area contributed by atoms with Gasteiger partial charge in [0.15, 0.2) is 0 Å². The van der Waals surface area contributed by atoms with Gasteiger partial charge < -0.3 is 0 Å². The highest BCUT2D eigenvalue weighted by molar-refractivity contribution is 5.74. The zero-order valence-electron chi connectivity index (χ0n) is 9.13. The molecule has 0 aliphatic rings. The van der Waals surface area contributed by atoms with Crippen molar-refractivity contribution < 1.29 is 4.79 Å². The highest BCUT2D eigenvalue weighted by Gasteiger charge is 2.07. The molecule has 1 atom stereocenters.